The summed E-state index contributed by atoms with van der Waals surface area (Å²) in [5.41, 5.74) is 1.79. The van der Waals surface area contributed by atoms with Crippen molar-refractivity contribution in [3.63, 3.8) is 0 Å². The molecule has 6 nitrogen and oxygen atoms in total. The highest BCUT2D eigenvalue weighted by Crippen LogP contribution is 2.17. The normalized spacial score (nSPS) is 10.4. The van der Waals surface area contributed by atoms with Gasteiger partial charge in [-0.05, 0) is 36.8 Å². The molecule has 2 aromatic rings. The van der Waals surface area contributed by atoms with Gasteiger partial charge in [-0.1, -0.05) is 18.2 Å². The molecule has 0 bridgehead atoms. The van der Waals surface area contributed by atoms with E-state index in [2.05, 4.69) is 10.6 Å². The first-order chi connectivity index (χ1) is 12.7. The largest absolute Gasteiger partial charge is 0.497 e. The van der Waals surface area contributed by atoms with Crippen LogP contribution in [-0.2, 0) is 16.1 Å². The van der Waals surface area contributed by atoms with Gasteiger partial charge < -0.3 is 24.8 Å². The molecule has 0 unspecified atom stereocenters. The molecular weight excluding hydrogens is 332 g/mol. The van der Waals surface area contributed by atoms with Crippen LogP contribution >= 0.6 is 0 Å². The lowest BCUT2D eigenvalue weighted by atomic mass is 10.2. The first kappa shape index (κ1) is 19.8. The van der Waals surface area contributed by atoms with Crippen LogP contribution < -0.4 is 20.1 Å². The Morgan fingerprint density at radius 2 is 1.85 bits per heavy atom. The van der Waals surface area contributed by atoms with E-state index in [0.29, 0.717) is 37.8 Å². The van der Waals surface area contributed by atoms with E-state index in [1.165, 1.54) is 0 Å². The molecule has 2 rings (SSSR count). The lowest BCUT2D eigenvalue weighted by molar-refractivity contribution is -0.115. The highest BCUT2D eigenvalue weighted by Gasteiger charge is 2.04. The van der Waals surface area contributed by atoms with Crippen LogP contribution in [0.3, 0.4) is 0 Å². The van der Waals surface area contributed by atoms with Crippen molar-refractivity contribution in [1.29, 1.82) is 0 Å². The summed E-state index contributed by atoms with van der Waals surface area (Å²) in [6, 6.07) is 15.0. The molecule has 0 radical (unpaired) electrons. The fourth-order valence-corrected chi connectivity index (χ4v) is 2.30. The monoisotopic (exact) mass is 358 g/mol. The Balaban J connectivity index is 1.72. The summed E-state index contributed by atoms with van der Waals surface area (Å²) in [6.07, 6.45) is 0. The predicted molar refractivity (Wildman–Crippen MR) is 102 cm³/mol. The Morgan fingerprint density at radius 3 is 2.58 bits per heavy atom. The summed E-state index contributed by atoms with van der Waals surface area (Å²) in [4.78, 5) is 12.1. The molecule has 0 aliphatic rings. The Labute approximate surface area is 154 Å². The van der Waals surface area contributed by atoms with Crippen molar-refractivity contribution in [3.8, 4) is 11.5 Å². The first-order valence-electron chi connectivity index (χ1n) is 8.65. The number of rotatable bonds is 11. The minimum Gasteiger partial charge on any atom is -0.497 e. The van der Waals surface area contributed by atoms with Gasteiger partial charge in [-0.15, -0.1) is 0 Å². The van der Waals surface area contributed by atoms with Crippen molar-refractivity contribution in [2.24, 2.45) is 0 Å². The number of anilines is 1. The van der Waals surface area contributed by atoms with E-state index in [9.17, 15) is 4.79 Å². The van der Waals surface area contributed by atoms with Gasteiger partial charge in [-0.2, -0.15) is 0 Å². The van der Waals surface area contributed by atoms with Crippen LogP contribution in [0.2, 0.25) is 0 Å². The third-order valence-electron chi connectivity index (χ3n) is 3.59. The summed E-state index contributed by atoms with van der Waals surface area (Å²) in [5, 5.41) is 5.98. The van der Waals surface area contributed by atoms with Gasteiger partial charge in [0.25, 0.3) is 0 Å². The van der Waals surface area contributed by atoms with Crippen LogP contribution in [0.15, 0.2) is 48.5 Å². The maximum absolute atomic E-state index is 12.1. The fraction of sp³-hybridized carbons (Fsp3) is 0.350. The van der Waals surface area contributed by atoms with Crippen molar-refractivity contribution in [2.75, 3.05) is 38.8 Å². The van der Waals surface area contributed by atoms with Gasteiger partial charge in [0.05, 0.1) is 20.3 Å². The van der Waals surface area contributed by atoms with E-state index in [0.717, 1.165) is 11.3 Å². The molecule has 0 spiro atoms. The van der Waals surface area contributed by atoms with Gasteiger partial charge in [0.1, 0.15) is 18.1 Å². The quantitative estimate of drug-likeness (QED) is 0.605. The first-order valence-corrected chi connectivity index (χ1v) is 8.65. The maximum Gasteiger partial charge on any atom is 0.238 e. The second-order valence-corrected chi connectivity index (χ2v) is 5.57. The zero-order valence-electron chi connectivity index (χ0n) is 15.3. The summed E-state index contributed by atoms with van der Waals surface area (Å²) in [7, 11) is 1.64. The SMILES string of the molecule is CCOCCOc1cccc(NC(=O)CNCc2ccc(OC)cc2)c1. The second-order valence-electron chi connectivity index (χ2n) is 5.57. The Morgan fingerprint density at radius 1 is 1.04 bits per heavy atom. The molecule has 0 aliphatic heterocycles. The van der Waals surface area contributed by atoms with E-state index in [-0.39, 0.29) is 12.5 Å². The maximum atomic E-state index is 12.1. The number of ether oxygens (including phenoxy) is 3. The minimum absolute atomic E-state index is 0.107. The van der Waals surface area contributed by atoms with E-state index in [1.54, 1.807) is 13.2 Å². The van der Waals surface area contributed by atoms with Gasteiger partial charge in [0.2, 0.25) is 5.91 Å². The van der Waals surface area contributed by atoms with Crippen molar-refractivity contribution in [2.45, 2.75) is 13.5 Å². The van der Waals surface area contributed by atoms with Crippen molar-refractivity contribution in [1.82, 2.24) is 5.32 Å². The summed E-state index contributed by atoms with van der Waals surface area (Å²) >= 11 is 0. The molecule has 0 heterocycles. The highest BCUT2D eigenvalue weighted by molar-refractivity contribution is 5.92. The number of methoxy groups -OCH3 is 1. The van der Waals surface area contributed by atoms with Gasteiger partial charge in [-0.25, -0.2) is 0 Å². The molecule has 2 aromatic carbocycles. The van der Waals surface area contributed by atoms with E-state index in [4.69, 9.17) is 14.2 Å². The molecule has 0 saturated carbocycles. The molecule has 0 aromatic heterocycles. The van der Waals surface area contributed by atoms with E-state index < -0.39 is 0 Å². The van der Waals surface area contributed by atoms with Crippen LogP contribution in [0.1, 0.15) is 12.5 Å². The molecule has 140 valence electrons. The second kappa shape index (κ2) is 11.1. The zero-order valence-corrected chi connectivity index (χ0v) is 15.3. The Bertz CT molecular complexity index is 674. The molecular formula is C20H26N2O4. The fourth-order valence-electron chi connectivity index (χ4n) is 2.30. The van der Waals surface area contributed by atoms with Crippen LogP contribution in [-0.4, -0.2) is 39.4 Å². The number of carbonyl (C=O) groups excluding carboxylic acids is 1. The number of benzene rings is 2. The summed E-state index contributed by atoms with van der Waals surface area (Å²) < 4.78 is 15.9. The van der Waals surface area contributed by atoms with Gasteiger partial charge in [-0.3, -0.25) is 4.79 Å². The smallest absolute Gasteiger partial charge is 0.238 e. The lowest BCUT2D eigenvalue weighted by Gasteiger charge is -2.10. The molecule has 0 saturated heterocycles. The third kappa shape index (κ3) is 7.13. The summed E-state index contributed by atoms with van der Waals surface area (Å²) in [6.45, 7) is 4.47. The minimum atomic E-state index is -0.107. The zero-order chi connectivity index (χ0) is 18.6. The highest BCUT2D eigenvalue weighted by atomic mass is 16.5. The predicted octanol–water partition coefficient (Wildman–Crippen LogP) is 2.84. The average molecular weight is 358 g/mol. The van der Waals surface area contributed by atoms with Gasteiger partial charge in [0, 0.05) is 24.9 Å². The topological polar surface area (TPSA) is 68.8 Å². The Kier molecular flexibility index (Phi) is 8.45. The molecule has 6 heteroatoms. The third-order valence-corrected chi connectivity index (χ3v) is 3.59. The summed E-state index contributed by atoms with van der Waals surface area (Å²) in [5.74, 6) is 1.41. The average Bonchev–Trinajstić information content (AvgIpc) is 2.66. The Hall–Kier alpha value is -2.57. The van der Waals surface area contributed by atoms with Crippen molar-refractivity contribution in [3.05, 3.63) is 54.1 Å². The molecule has 0 fully saturated rings. The lowest BCUT2D eigenvalue weighted by Crippen LogP contribution is -2.27. The van der Waals surface area contributed by atoms with Gasteiger partial charge in [0.15, 0.2) is 0 Å². The van der Waals surface area contributed by atoms with Crippen LogP contribution in [0.5, 0.6) is 11.5 Å². The van der Waals surface area contributed by atoms with Crippen molar-refractivity contribution < 1.29 is 19.0 Å². The van der Waals surface area contributed by atoms with Crippen LogP contribution in [0.25, 0.3) is 0 Å². The van der Waals surface area contributed by atoms with Gasteiger partial charge >= 0.3 is 0 Å². The molecule has 1 amide bonds. The number of carbonyl (C=O) groups is 1. The van der Waals surface area contributed by atoms with Crippen LogP contribution in [0.4, 0.5) is 5.69 Å². The van der Waals surface area contributed by atoms with E-state index in [1.807, 2.05) is 49.4 Å². The number of hydrogen-bond acceptors (Lipinski definition) is 5. The molecule has 2 N–H and O–H groups in total. The number of hydrogen-bond donors (Lipinski definition) is 2. The number of nitrogens with one attached hydrogen (secondary N) is 2. The van der Waals surface area contributed by atoms with E-state index >= 15 is 0 Å². The molecule has 26 heavy (non-hydrogen) atoms. The molecule has 0 atom stereocenters. The number of amides is 1. The van der Waals surface area contributed by atoms with Crippen molar-refractivity contribution >= 4 is 11.6 Å². The molecule has 0 aliphatic carbocycles. The van der Waals surface area contributed by atoms with Crippen LogP contribution in [0, 0.1) is 0 Å². The standard InChI is InChI=1S/C20H26N2O4/c1-3-25-11-12-26-19-6-4-5-17(13-19)22-20(23)15-21-14-16-7-9-18(24-2)10-8-16/h4-10,13,21H,3,11-12,14-15H2,1-2H3,(H,22,23).